The monoisotopic (exact) mass is 544 g/mol. The molecule has 0 atom stereocenters. The highest BCUT2D eigenvalue weighted by Gasteiger charge is 2.13. The van der Waals surface area contributed by atoms with Crippen LogP contribution >= 0.6 is 27.3 Å². The number of hydrogen-bond acceptors (Lipinski definition) is 6. The Labute approximate surface area is 216 Å². The molecule has 0 aliphatic carbocycles. The van der Waals surface area contributed by atoms with Gasteiger partial charge in [-0.2, -0.15) is 0 Å². The standard InChI is InChI=1S/C28H25BrN4OS/c1-3-33(4-2)23-15-12-20-16-24(28-30-25(18-35-28)19-10-13-21(29)14-11-19)27(34-26(20)17-23)32-31-22-8-6-5-7-9-22/h5-18,31H,3-4H2,1-2H3. The Morgan fingerprint density at radius 3 is 2.49 bits per heavy atom. The summed E-state index contributed by atoms with van der Waals surface area (Å²) < 4.78 is 7.43. The van der Waals surface area contributed by atoms with Crippen LogP contribution in [0, 0.1) is 0 Å². The summed E-state index contributed by atoms with van der Waals surface area (Å²) in [5, 5.41) is 8.58. The van der Waals surface area contributed by atoms with Crippen molar-refractivity contribution in [1.29, 1.82) is 0 Å². The normalized spacial score (nSPS) is 11.7. The maximum Gasteiger partial charge on any atom is 0.246 e. The molecule has 0 radical (unpaired) electrons. The van der Waals surface area contributed by atoms with Crippen molar-refractivity contribution in [2.75, 3.05) is 23.4 Å². The molecule has 3 aromatic carbocycles. The van der Waals surface area contributed by atoms with Gasteiger partial charge < -0.3 is 9.32 Å². The molecule has 0 aliphatic rings. The van der Waals surface area contributed by atoms with Crippen LogP contribution in [0.2, 0.25) is 0 Å². The molecular formula is C28H25BrN4OS. The molecule has 0 aliphatic heterocycles. The number of hydrogen-bond donors (Lipinski definition) is 1. The molecule has 0 amide bonds. The number of thiazole rings is 1. The van der Waals surface area contributed by atoms with Gasteiger partial charge in [-0.25, -0.2) is 4.98 Å². The predicted molar refractivity (Wildman–Crippen MR) is 150 cm³/mol. The minimum Gasteiger partial charge on any atom is -0.436 e. The molecule has 176 valence electrons. The van der Waals surface area contributed by atoms with Crippen LogP contribution in [-0.2, 0) is 0 Å². The molecule has 7 heteroatoms. The highest BCUT2D eigenvalue weighted by Crippen LogP contribution is 2.30. The van der Waals surface area contributed by atoms with Crippen molar-refractivity contribution in [2.24, 2.45) is 5.10 Å². The van der Waals surface area contributed by atoms with Crippen LogP contribution in [-0.4, -0.2) is 18.1 Å². The lowest BCUT2D eigenvalue weighted by Gasteiger charge is -2.21. The SMILES string of the molecule is CCN(CC)c1ccc2cc(-c3nc(-c4ccc(Br)cc4)cs3)c(=NNc3ccccc3)oc2c1. The fraction of sp³-hybridized carbons (Fsp3) is 0.143. The molecule has 2 heterocycles. The van der Waals surface area contributed by atoms with Gasteiger partial charge in [-0.1, -0.05) is 46.3 Å². The molecular weight excluding hydrogens is 520 g/mol. The second-order valence-corrected chi connectivity index (χ2v) is 9.77. The minimum absolute atomic E-state index is 0.495. The maximum atomic E-state index is 6.38. The fourth-order valence-electron chi connectivity index (χ4n) is 3.91. The molecule has 5 rings (SSSR count). The molecule has 5 aromatic rings. The molecule has 0 saturated heterocycles. The van der Waals surface area contributed by atoms with E-state index in [1.165, 1.54) is 0 Å². The summed E-state index contributed by atoms with van der Waals surface area (Å²) in [4.78, 5) is 7.22. The molecule has 1 N–H and O–H groups in total. The van der Waals surface area contributed by atoms with Crippen LogP contribution in [0.3, 0.4) is 0 Å². The first-order valence-corrected chi connectivity index (χ1v) is 13.2. The Bertz CT molecular complexity index is 1510. The van der Waals surface area contributed by atoms with Crippen molar-refractivity contribution < 1.29 is 4.42 Å². The number of aromatic nitrogens is 1. The number of rotatable bonds is 7. The van der Waals surface area contributed by atoms with Crippen molar-refractivity contribution >= 4 is 49.6 Å². The van der Waals surface area contributed by atoms with E-state index in [4.69, 9.17) is 9.40 Å². The summed E-state index contributed by atoms with van der Waals surface area (Å²) in [5.41, 5.74) is 9.28. The van der Waals surface area contributed by atoms with Crippen LogP contribution in [0.15, 0.2) is 98.2 Å². The lowest BCUT2D eigenvalue weighted by atomic mass is 10.1. The smallest absolute Gasteiger partial charge is 0.246 e. The summed E-state index contributed by atoms with van der Waals surface area (Å²) in [6.45, 7) is 6.18. The van der Waals surface area contributed by atoms with Crippen LogP contribution in [0.5, 0.6) is 0 Å². The van der Waals surface area contributed by atoms with E-state index >= 15 is 0 Å². The zero-order chi connectivity index (χ0) is 24.2. The summed E-state index contributed by atoms with van der Waals surface area (Å²) >= 11 is 5.08. The van der Waals surface area contributed by atoms with Crippen LogP contribution in [0.1, 0.15) is 13.8 Å². The van der Waals surface area contributed by atoms with E-state index in [0.717, 1.165) is 61.7 Å². The second-order valence-electron chi connectivity index (χ2n) is 7.99. The van der Waals surface area contributed by atoms with Gasteiger partial charge in [0.15, 0.2) is 0 Å². The van der Waals surface area contributed by atoms with Crippen molar-refractivity contribution in [2.45, 2.75) is 13.8 Å². The van der Waals surface area contributed by atoms with E-state index in [9.17, 15) is 0 Å². The Hall–Kier alpha value is -3.42. The van der Waals surface area contributed by atoms with Gasteiger partial charge in [0.25, 0.3) is 0 Å². The second kappa shape index (κ2) is 10.5. The zero-order valence-corrected chi connectivity index (χ0v) is 21.9. The topological polar surface area (TPSA) is 53.7 Å². The predicted octanol–water partition coefficient (Wildman–Crippen LogP) is 7.76. The molecule has 5 nitrogen and oxygen atoms in total. The molecule has 2 aromatic heterocycles. The van der Waals surface area contributed by atoms with Crippen molar-refractivity contribution in [3.8, 4) is 21.8 Å². The first-order chi connectivity index (χ1) is 17.1. The maximum absolute atomic E-state index is 6.38. The largest absolute Gasteiger partial charge is 0.436 e. The lowest BCUT2D eigenvalue weighted by Crippen LogP contribution is -2.21. The van der Waals surface area contributed by atoms with Crippen molar-refractivity contribution in [3.63, 3.8) is 0 Å². The van der Waals surface area contributed by atoms with E-state index < -0.39 is 0 Å². The number of fused-ring (bicyclic) bond motifs is 1. The number of halogens is 1. The Morgan fingerprint density at radius 1 is 0.971 bits per heavy atom. The van der Waals surface area contributed by atoms with Gasteiger partial charge in [0.05, 0.1) is 16.9 Å². The van der Waals surface area contributed by atoms with Crippen LogP contribution in [0.4, 0.5) is 11.4 Å². The van der Waals surface area contributed by atoms with Gasteiger partial charge in [-0.15, -0.1) is 16.4 Å². The van der Waals surface area contributed by atoms with Gasteiger partial charge in [-0.3, -0.25) is 5.43 Å². The quantitative estimate of drug-likeness (QED) is 0.213. The lowest BCUT2D eigenvalue weighted by molar-refractivity contribution is 0.543. The Kier molecular flexibility index (Phi) is 6.97. The summed E-state index contributed by atoms with van der Waals surface area (Å²) in [6.07, 6.45) is 0. The van der Waals surface area contributed by atoms with Gasteiger partial charge in [-0.05, 0) is 56.3 Å². The van der Waals surface area contributed by atoms with E-state index in [-0.39, 0.29) is 0 Å². The van der Waals surface area contributed by atoms with E-state index in [1.54, 1.807) is 11.3 Å². The minimum atomic E-state index is 0.495. The van der Waals surface area contributed by atoms with Crippen molar-refractivity contribution in [3.05, 3.63) is 94.3 Å². The van der Waals surface area contributed by atoms with Crippen LogP contribution in [0.25, 0.3) is 32.8 Å². The molecule has 0 bridgehead atoms. The number of nitrogens with one attached hydrogen (secondary N) is 1. The van der Waals surface area contributed by atoms with E-state index in [0.29, 0.717) is 5.55 Å². The Balaban J connectivity index is 1.62. The van der Waals surface area contributed by atoms with Crippen molar-refractivity contribution in [1.82, 2.24) is 4.98 Å². The molecule has 0 saturated carbocycles. The average Bonchev–Trinajstić information content (AvgIpc) is 3.39. The fourth-order valence-corrected chi connectivity index (χ4v) is 5.01. The van der Waals surface area contributed by atoms with Gasteiger partial charge in [0.1, 0.15) is 10.6 Å². The highest BCUT2D eigenvalue weighted by atomic mass is 79.9. The van der Waals surface area contributed by atoms with E-state index in [2.05, 4.69) is 87.0 Å². The zero-order valence-electron chi connectivity index (χ0n) is 19.5. The number of anilines is 2. The van der Waals surface area contributed by atoms with Gasteiger partial charge in [0.2, 0.25) is 5.55 Å². The summed E-state index contributed by atoms with van der Waals surface area (Å²) in [7, 11) is 0. The first kappa shape index (κ1) is 23.3. The third-order valence-corrected chi connectivity index (χ3v) is 7.20. The van der Waals surface area contributed by atoms with Crippen LogP contribution < -0.4 is 15.9 Å². The molecule has 0 spiro atoms. The summed E-state index contributed by atoms with van der Waals surface area (Å²) in [5.74, 6) is 0. The number of benzene rings is 3. The third-order valence-electron chi connectivity index (χ3n) is 5.80. The highest BCUT2D eigenvalue weighted by molar-refractivity contribution is 9.10. The molecule has 0 unspecified atom stereocenters. The van der Waals surface area contributed by atoms with E-state index in [1.807, 2.05) is 42.5 Å². The van der Waals surface area contributed by atoms with Gasteiger partial charge >= 0.3 is 0 Å². The Morgan fingerprint density at radius 2 is 1.74 bits per heavy atom. The average molecular weight is 546 g/mol. The van der Waals surface area contributed by atoms with Gasteiger partial charge in [0, 0.05) is 45.6 Å². The third kappa shape index (κ3) is 5.16. The molecule has 35 heavy (non-hydrogen) atoms. The number of nitrogens with zero attached hydrogens (tertiary/aromatic N) is 3. The molecule has 0 fully saturated rings. The first-order valence-electron chi connectivity index (χ1n) is 11.5. The summed E-state index contributed by atoms with van der Waals surface area (Å²) in [6, 6.07) is 26.5. The number of para-hydroxylation sites is 1.